The van der Waals surface area contributed by atoms with Crippen molar-refractivity contribution >= 4 is 33.2 Å². The normalized spacial score (nSPS) is 11.1. The van der Waals surface area contributed by atoms with Gasteiger partial charge >= 0.3 is 0 Å². The zero-order valence-electron chi connectivity index (χ0n) is 12.4. The molecule has 5 heteroatoms. The number of anilines is 2. The molecule has 4 aromatic rings. The maximum Gasteiger partial charge on any atom is 0.132 e. The van der Waals surface area contributed by atoms with E-state index in [1.807, 2.05) is 0 Å². The van der Waals surface area contributed by atoms with Crippen molar-refractivity contribution in [3.63, 3.8) is 0 Å². The van der Waals surface area contributed by atoms with E-state index < -0.39 is 11.6 Å². The van der Waals surface area contributed by atoms with Gasteiger partial charge in [0.25, 0.3) is 0 Å². The summed E-state index contributed by atoms with van der Waals surface area (Å²) in [4.78, 5) is 4.40. The van der Waals surface area contributed by atoms with Crippen LogP contribution in [0.4, 0.5) is 24.5 Å². The fourth-order valence-electron chi connectivity index (χ4n) is 2.64. The molecule has 2 nitrogen and oxygen atoms in total. The highest BCUT2D eigenvalue weighted by Gasteiger charge is 2.10. The number of aromatic nitrogens is 1. The van der Waals surface area contributed by atoms with Crippen molar-refractivity contribution < 1.29 is 13.2 Å². The lowest BCUT2D eigenvalue weighted by Gasteiger charge is -2.11. The Morgan fingerprint density at radius 3 is 2.29 bits per heavy atom. The molecule has 24 heavy (non-hydrogen) atoms. The Kier molecular flexibility index (Phi) is 3.34. The van der Waals surface area contributed by atoms with Gasteiger partial charge in [0.1, 0.15) is 17.5 Å². The van der Waals surface area contributed by atoms with Crippen molar-refractivity contribution in [2.45, 2.75) is 0 Å². The van der Waals surface area contributed by atoms with Crippen LogP contribution >= 0.6 is 0 Å². The standard InChI is InChI=1S/C19H11F3N2/c20-12-3-5-14(6-4-12)23-17-8-7-16(22)15-9-11-1-2-13(21)10-18(11)24-19(15)17/h1-10,23H. The summed E-state index contributed by atoms with van der Waals surface area (Å²) in [6.07, 6.45) is 0. The van der Waals surface area contributed by atoms with E-state index in [1.54, 1.807) is 30.3 Å². The number of rotatable bonds is 2. The molecule has 0 unspecified atom stereocenters. The Morgan fingerprint density at radius 1 is 0.750 bits per heavy atom. The van der Waals surface area contributed by atoms with Gasteiger partial charge in [-0.2, -0.15) is 0 Å². The molecule has 118 valence electrons. The van der Waals surface area contributed by atoms with E-state index in [0.717, 1.165) is 0 Å². The zero-order valence-corrected chi connectivity index (χ0v) is 12.4. The molecular formula is C19H11F3N2. The molecule has 1 heterocycles. The Hall–Kier alpha value is -3.08. The van der Waals surface area contributed by atoms with Gasteiger partial charge in [0.2, 0.25) is 0 Å². The lowest BCUT2D eigenvalue weighted by atomic mass is 10.1. The zero-order chi connectivity index (χ0) is 16.7. The molecule has 1 N–H and O–H groups in total. The molecule has 3 aromatic carbocycles. The first-order valence-corrected chi connectivity index (χ1v) is 7.31. The van der Waals surface area contributed by atoms with Gasteiger partial charge in [0, 0.05) is 22.5 Å². The molecule has 0 spiro atoms. The Labute approximate surface area is 135 Å². The average Bonchev–Trinajstić information content (AvgIpc) is 2.58. The number of hydrogen-bond acceptors (Lipinski definition) is 2. The summed E-state index contributed by atoms with van der Waals surface area (Å²) in [5.41, 5.74) is 2.03. The number of nitrogens with one attached hydrogen (secondary N) is 1. The predicted molar refractivity (Wildman–Crippen MR) is 88.8 cm³/mol. The summed E-state index contributed by atoms with van der Waals surface area (Å²) in [7, 11) is 0. The molecule has 0 bridgehead atoms. The van der Waals surface area contributed by atoms with Gasteiger partial charge in [-0.25, -0.2) is 18.2 Å². The summed E-state index contributed by atoms with van der Waals surface area (Å²) >= 11 is 0. The van der Waals surface area contributed by atoms with Crippen LogP contribution in [0.5, 0.6) is 0 Å². The van der Waals surface area contributed by atoms with Gasteiger partial charge in [0.15, 0.2) is 0 Å². The number of fused-ring (bicyclic) bond motifs is 2. The second-order valence-electron chi connectivity index (χ2n) is 5.45. The number of nitrogens with zero attached hydrogens (tertiary/aromatic N) is 1. The smallest absolute Gasteiger partial charge is 0.132 e. The molecule has 1 aromatic heterocycles. The fourth-order valence-corrected chi connectivity index (χ4v) is 2.64. The second kappa shape index (κ2) is 5.53. The highest BCUT2D eigenvalue weighted by molar-refractivity contribution is 5.99. The maximum atomic E-state index is 14.2. The third kappa shape index (κ3) is 2.54. The van der Waals surface area contributed by atoms with Crippen LogP contribution in [0.1, 0.15) is 0 Å². The van der Waals surface area contributed by atoms with E-state index in [4.69, 9.17) is 0 Å². The third-order valence-electron chi connectivity index (χ3n) is 3.81. The minimum atomic E-state index is -0.409. The molecule has 0 amide bonds. The minimum absolute atomic E-state index is 0.334. The number of pyridine rings is 1. The van der Waals surface area contributed by atoms with Crippen molar-refractivity contribution in [1.29, 1.82) is 0 Å². The monoisotopic (exact) mass is 324 g/mol. The first-order chi connectivity index (χ1) is 11.6. The lowest BCUT2D eigenvalue weighted by molar-refractivity contribution is 0.628. The van der Waals surface area contributed by atoms with E-state index in [0.29, 0.717) is 33.2 Å². The van der Waals surface area contributed by atoms with Gasteiger partial charge in [-0.3, -0.25) is 0 Å². The molecule has 0 fully saturated rings. The van der Waals surface area contributed by atoms with Gasteiger partial charge in [-0.1, -0.05) is 0 Å². The van der Waals surface area contributed by atoms with Crippen LogP contribution in [0, 0.1) is 17.5 Å². The van der Waals surface area contributed by atoms with Gasteiger partial charge in [-0.15, -0.1) is 0 Å². The molecule has 4 rings (SSSR count). The topological polar surface area (TPSA) is 24.9 Å². The largest absolute Gasteiger partial charge is 0.354 e. The highest BCUT2D eigenvalue weighted by Crippen LogP contribution is 2.30. The summed E-state index contributed by atoms with van der Waals surface area (Å²) in [5.74, 6) is -1.16. The number of hydrogen-bond donors (Lipinski definition) is 1. The van der Waals surface area contributed by atoms with Gasteiger partial charge in [-0.05, 0) is 54.6 Å². The second-order valence-corrected chi connectivity index (χ2v) is 5.45. The SMILES string of the molecule is Fc1ccc(Nc2ccc(F)c3cc4ccc(F)cc4nc23)cc1. The minimum Gasteiger partial charge on any atom is -0.354 e. The van der Waals surface area contributed by atoms with Gasteiger partial charge in [0.05, 0.1) is 16.7 Å². The van der Waals surface area contributed by atoms with Crippen molar-refractivity contribution in [3.05, 3.63) is 78.1 Å². The molecule has 0 aliphatic rings. The molecule has 0 aliphatic heterocycles. The molecular weight excluding hydrogens is 313 g/mol. The van der Waals surface area contributed by atoms with E-state index >= 15 is 0 Å². The summed E-state index contributed by atoms with van der Waals surface area (Å²) in [6, 6.07) is 14.5. The highest BCUT2D eigenvalue weighted by atomic mass is 19.1. The molecule has 0 atom stereocenters. The summed E-state index contributed by atoms with van der Waals surface area (Å²) in [6.45, 7) is 0. The van der Waals surface area contributed by atoms with Crippen LogP contribution in [-0.4, -0.2) is 4.98 Å². The molecule has 0 radical (unpaired) electrons. The molecule has 0 aliphatic carbocycles. The van der Waals surface area contributed by atoms with Crippen LogP contribution < -0.4 is 5.32 Å². The average molecular weight is 324 g/mol. The molecule has 0 saturated heterocycles. The van der Waals surface area contributed by atoms with Crippen LogP contribution in [-0.2, 0) is 0 Å². The summed E-state index contributed by atoms with van der Waals surface area (Å²) in [5, 5.41) is 4.08. The number of benzene rings is 3. The van der Waals surface area contributed by atoms with Crippen LogP contribution in [0.3, 0.4) is 0 Å². The van der Waals surface area contributed by atoms with Crippen molar-refractivity contribution in [2.75, 3.05) is 5.32 Å². The van der Waals surface area contributed by atoms with Gasteiger partial charge < -0.3 is 5.32 Å². The Morgan fingerprint density at radius 2 is 1.50 bits per heavy atom. The van der Waals surface area contributed by atoms with E-state index in [2.05, 4.69) is 10.3 Å². The molecule has 0 saturated carbocycles. The Bertz CT molecular complexity index is 1060. The predicted octanol–water partition coefficient (Wildman–Crippen LogP) is 5.55. The van der Waals surface area contributed by atoms with E-state index in [-0.39, 0.29) is 5.82 Å². The maximum absolute atomic E-state index is 14.2. The first kappa shape index (κ1) is 14.5. The van der Waals surface area contributed by atoms with E-state index in [1.165, 1.54) is 30.3 Å². The van der Waals surface area contributed by atoms with Crippen LogP contribution in [0.2, 0.25) is 0 Å². The van der Waals surface area contributed by atoms with Crippen molar-refractivity contribution in [2.24, 2.45) is 0 Å². The quantitative estimate of drug-likeness (QED) is 0.489. The van der Waals surface area contributed by atoms with Crippen molar-refractivity contribution in [1.82, 2.24) is 4.98 Å². The van der Waals surface area contributed by atoms with Crippen molar-refractivity contribution in [3.8, 4) is 0 Å². The lowest BCUT2D eigenvalue weighted by Crippen LogP contribution is -1.95. The summed E-state index contributed by atoms with van der Waals surface area (Å²) < 4.78 is 40.6. The third-order valence-corrected chi connectivity index (χ3v) is 3.81. The van der Waals surface area contributed by atoms with Crippen LogP contribution in [0.25, 0.3) is 21.8 Å². The van der Waals surface area contributed by atoms with Crippen LogP contribution in [0.15, 0.2) is 60.7 Å². The number of halogens is 3. The first-order valence-electron chi connectivity index (χ1n) is 7.31. The fraction of sp³-hybridized carbons (Fsp3) is 0. The van der Waals surface area contributed by atoms with E-state index in [9.17, 15) is 13.2 Å². The Balaban J connectivity index is 1.91.